The van der Waals surface area contributed by atoms with Crippen molar-refractivity contribution in [3.8, 4) is 0 Å². The number of hydrogen-bond donors (Lipinski definition) is 1. The van der Waals surface area contributed by atoms with Gasteiger partial charge in [-0.15, -0.1) is 0 Å². The van der Waals surface area contributed by atoms with E-state index in [1.165, 1.54) is 12.1 Å². The van der Waals surface area contributed by atoms with E-state index in [1.807, 2.05) is 19.9 Å². The number of halogens is 2. The SMILES string of the molecule is Cc1cc(C)n(CC(=O)N[C@H](C)c2ccc(F)cc2Cl)n1. The second kappa shape index (κ2) is 6.26. The molecule has 1 aromatic heterocycles. The molecule has 0 radical (unpaired) electrons. The summed E-state index contributed by atoms with van der Waals surface area (Å²) in [5, 5.41) is 7.37. The molecule has 1 aromatic carbocycles. The lowest BCUT2D eigenvalue weighted by Gasteiger charge is -2.16. The van der Waals surface area contributed by atoms with Gasteiger partial charge in [0.1, 0.15) is 12.4 Å². The number of nitrogens with one attached hydrogen (secondary N) is 1. The predicted molar refractivity (Wildman–Crippen MR) is 79.7 cm³/mol. The molecule has 2 rings (SSSR count). The lowest BCUT2D eigenvalue weighted by atomic mass is 10.1. The molecule has 1 N–H and O–H groups in total. The average molecular weight is 310 g/mol. The van der Waals surface area contributed by atoms with Gasteiger partial charge in [0.05, 0.1) is 11.7 Å². The van der Waals surface area contributed by atoms with E-state index < -0.39 is 5.82 Å². The summed E-state index contributed by atoms with van der Waals surface area (Å²) in [5.41, 5.74) is 2.48. The summed E-state index contributed by atoms with van der Waals surface area (Å²) in [6.45, 7) is 5.72. The number of rotatable bonds is 4. The number of amides is 1. The molecule has 0 spiro atoms. The fourth-order valence-electron chi connectivity index (χ4n) is 2.19. The molecule has 2 aromatic rings. The van der Waals surface area contributed by atoms with Gasteiger partial charge >= 0.3 is 0 Å². The number of carbonyl (C=O) groups excluding carboxylic acids is 1. The Morgan fingerprint density at radius 3 is 2.71 bits per heavy atom. The van der Waals surface area contributed by atoms with Gasteiger partial charge < -0.3 is 5.32 Å². The van der Waals surface area contributed by atoms with Crippen LogP contribution in [0.15, 0.2) is 24.3 Å². The van der Waals surface area contributed by atoms with Crippen LogP contribution in [0.25, 0.3) is 0 Å². The number of hydrogen-bond acceptors (Lipinski definition) is 2. The molecular weight excluding hydrogens is 293 g/mol. The summed E-state index contributed by atoms with van der Waals surface area (Å²) < 4.78 is 14.7. The van der Waals surface area contributed by atoms with Gasteiger partial charge in [0, 0.05) is 10.7 Å². The molecular formula is C15H17ClFN3O. The van der Waals surface area contributed by atoms with E-state index in [9.17, 15) is 9.18 Å². The van der Waals surface area contributed by atoms with Crippen LogP contribution in [0.2, 0.25) is 5.02 Å². The molecule has 1 atom stereocenters. The molecule has 1 heterocycles. The Bertz CT molecular complexity index is 669. The number of benzene rings is 1. The fraction of sp³-hybridized carbons (Fsp3) is 0.333. The maximum absolute atomic E-state index is 13.0. The Labute approximate surface area is 127 Å². The van der Waals surface area contributed by atoms with E-state index in [2.05, 4.69) is 10.4 Å². The van der Waals surface area contributed by atoms with Gasteiger partial charge in [-0.1, -0.05) is 17.7 Å². The lowest BCUT2D eigenvalue weighted by Crippen LogP contribution is -2.30. The van der Waals surface area contributed by atoms with Crippen LogP contribution in [0.5, 0.6) is 0 Å². The second-order valence-corrected chi connectivity index (χ2v) is 5.45. The zero-order chi connectivity index (χ0) is 15.6. The summed E-state index contributed by atoms with van der Waals surface area (Å²) in [4.78, 5) is 12.0. The van der Waals surface area contributed by atoms with E-state index in [4.69, 9.17) is 11.6 Å². The average Bonchev–Trinajstić information content (AvgIpc) is 2.67. The van der Waals surface area contributed by atoms with Crippen molar-refractivity contribution < 1.29 is 9.18 Å². The second-order valence-electron chi connectivity index (χ2n) is 5.04. The van der Waals surface area contributed by atoms with E-state index >= 15 is 0 Å². The number of nitrogens with zero attached hydrogens (tertiary/aromatic N) is 2. The first-order valence-electron chi connectivity index (χ1n) is 6.62. The van der Waals surface area contributed by atoms with Crippen molar-refractivity contribution in [1.29, 1.82) is 0 Å². The largest absolute Gasteiger partial charge is 0.348 e. The maximum Gasteiger partial charge on any atom is 0.242 e. The third-order valence-electron chi connectivity index (χ3n) is 3.20. The van der Waals surface area contributed by atoms with Crippen LogP contribution in [0.4, 0.5) is 4.39 Å². The first kappa shape index (κ1) is 15.5. The molecule has 0 aliphatic rings. The fourth-order valence-corrected chi connectivity index (χ4v) is 2.52. The minimum Gasteiger partial charge on any atom is -0.348 e. The number of aromatic nitrogens is 2. The van der Waals surface area contributed by atoms with Gasteiger partial charge in [-0.25, -0.2) is 4.39 Å². The smallest absolute Gasteiger partial charge is 0.242 e. The van der Waals surface area contributed by atoms with Crippen molar-refractivity contribution in [3.63, 3.8) is 0 Å². The normalized spacial score (nSPS) is 12.2. The molecule has 4 nitrogen and oxygen atoms in total. The highest BCUT2D eigenvalue weighted by Crippen LogP contribution is 2.23. The summed E-state index contributed by atoms with van der Waals surface area (Å²) >= 11 is 5.99. The van der Waals surface area contributed by atoms with Gasteiger partial charge in [-0.3, -0.25) is 9.48 Å². The van der Waals surface area contributed by atoms with Crippen LogP contribution >= 0.6 is 11.6 Å². The van der Waals surface area contributed by atoms with Gasteiger partial charge in [-0.05, 0) is 44.5 Å². The Balaban J connectivity index is 2.03. The predicted octanol–water partition coefficient (Wildman–Crippen LogP) is 3.17. The summed E-state index contributed by atoms with van der Waals surface area (Å²) in [6, 6.07) is 5.74. The zero-order valence-electron chi connectivity index (χ0n) is 12.2. The minimum absolute atomic E-state index is 0.142. The van der Waals surface area contributed by atoms with Crippen molar-refractivity contribution >= 4 is 17.5 Å². The Kier molecular flexibility index (Phi) is 4.63. The summed E-state index contributed by atoms with van der Waals surface area (Å²) in [5.74, 6) is -0.570. The van der Waals surface area contributed by atoms with Crippen LogP contribution in [-0.4, -0.2) is 15.7 Å². The highest BCUT2D eigenvalue weighted by Gasteiger charge is 2.14. The maximum atomic E-state index is 13.0. The van der Waals surface area contributed by atoms with Gasteiger partial charge in [-0.2, -0.15) is 5.10 Å². The molecule has 6 heteroatoms. The molecule has 0 saturated carbocycles. The third-order valence-corrected chi connectivity index (χ3v) is 3.53. The van der Waals surface area contributed by atoms with Crippen LogP contribution in [0.3, 0.4) is 0 Å². The van der Waals surface area contributed by atoms with Gasteiger partial charge in [0.2, 0.25) is 5.91 Å². The van der Waals surface area contributed by atoms with Gasteiger partial charge in [0.25, 0.3) is 0 Å². The number of carbonyl (C=O) groups is 1. The number of aryl methyl sites for hydroxylation is 2. The van der Waals surface area contributed by atoms with Crippen molar-refractivity contribution in [1.82, 2.24) is 15.1 Å². The Hall–Kier alpha value is -1.88. The van der Waals surface area contributed by atoms with Crippen molar-refractivity contribution in [2.45, 2.75) is 33.4 Å². The quantitative estimate of drug-likeness (QED) is 0.943. The molecule has 0 saturated heterocycles. The molecule has 112 valence electrons. The zero-order valence-corrected chi connectivity index (χ0v) is 12.9. The lowest BCUT2D eigenvalue weighted by molar-refractivity contribution is -0.122. The van der Waals surface area contributed by atoms with E-state index in [0.29, 0.717) is 10.6 Å². The van der Waals surface area contributed by atoms with Crippen molar-refractivity contribution in [2.75, 3.05) is 0 Å². The molecule has 1 amide bonds. The van der Waals surface area contributed by atoms with Crippen LogP contribution in [0.1, 0.15) is 29.9 Å². The van der Waals surface area contributed by atoms with Gasteiger partial charge in [0.15, 0.2) is 0 Å². The first-order valence-corrected chi connectivity index (χ1v) is 7.00. The van der Waals surface area contributed by atoms with E-state index in [1.54, 1.807) is 17.7 Å². The van der Waals surface area contributed by atoms with E-state index in [-0.39, 0.29) is 18.5 Å². The molecule has 0 bridgehead atoms. The Morgan fingerprint density at radius 2 is 2.14 bits per heavy atom. The minimum atomic E-state index is -0.398. The molecule has 0 fully saturated rings. The third kappa shape index (κ3) is 3.82. The summed E-state index contributed by atoms with van der Waals surface area (Å²) in [6.07, 6.45) is 0. The molecule has 21 heavy (non-hydrogen) atoms. The highest BCUT2D eigenvalue weighted by atomic mass is 35.5. The van der Waals surface area contributed by atoms with Crippen LogP contribution < -0.4 is 5.32 Å². The summed E-state index contributed by atoms with van der Waals surface area (Å²) in [7, 11) is 0. The first-order chi connectivity index (χ1) is 9.86. The molecule has 0 aliphatic carbocycles. The topological polar surface area (TPSA) is 46.9 Å². The highest BCUT2D eigenvalue weighted by molar-refractivity contribution is 6.31. The molecule has 0 unspecified atom stereocenters. The molecule has 0 aliphatic heterocycles. The Morgan fingerprint density at radius 1 is 1.43 bits per heavy atom. The van der Waals surface area contributed by atoms with Crippen molar-refractivity contribution in [3.05, 3.63) is 52.1 Å². The van der Waals surface area contributed by atoms with Crippen LogP contribution in [0, 0.1) is 19.7 Å². The van der Waals surface area contributed by atoms with Crippen molar-refractivity contribution in [2.24, 2.45) is 0 Å². The van der Waals surface area contributed by atoms with E-state index in [0.717, 1.165) is 11.4 Å². The standard InChI is InChI=1S/C15H17ClFN3O/c1-9-6-10(2)20(19-9)8-15(21)18-11(3)13-5-4-12(17)7-14(13)16/h4-7,11H,8H2,1-3H3,(H,18,21)/t11-/m1/s1. The monoisotopic (exact) mass is 309 g/mol. The van der Waals surface area contributed by atoms with Crippen LogP contribution in [-0.2, 0) is 11.3 Å².